The molecule has 0 aliphatic carbocycles. The van der Waals surface area contributed by atoms with Gasteiger partial charge in [-0.2, -0.15) is 0 Å². The van der Waals surface area contributed by atoms with Crippen LogP contribution in [0.3, 0.4) is 0 Å². The van der Waals surface area contributed by atoms with Crippen molar-refractivity contribution in [1.82, 2.24) is 19.9 Å². The third-order valence-corrected chi connectivity index (χ3v) is 4.58. The fourth-order valence-electron chi connectivity index (χ4n) is 3.10. The molecule has 0 saturated carbocycles. The number of anilines is 1. The molecule has 1 aliphatic rings. The maximum absolute atomic E-state index is 12.5. The van der Waals surface area contributed by atoms with Crippen LogP contribution in [0.2, 0.25) is 0 Å². The number of hydrogen-bond acceptors (Lipinski definition) is 4. The van der Waals surface area contributed by atoms with Crippen LogP contribution in [0.1, 0.15) is 30.5 Å². The van der Waals surface area contributed by atoms with Gasteiger partial charge >= 0.3 is 0 Å². The van der Waals surface area contributed by atoms with Crippen molar-refractivity contribution >= 4 is 11.6 Å². The van der Waals surface area contributed by atoms with Gasteiger partial charge in [-0.1, -0.05) is 22.9 Å². The van der Waals surface area contributed by atoms with E-state index in [1.54, 1.807) is 6.20 Å². The maximum atomic E-state index is 12.5. The van der Waals surface area contributed by atoms with Crippen LogP contribution in [0.25, 0.3) is 0 Å². The van der Waals surface area contributed by atoms with Crippen molar-refractivity contribution in [1.29, 1.82) is 0 Å². The molecule has 1 fully saturated rings. The highest BCUT2D eigenvalue weighted by molar-refractivity contribution is 5.95. The second kappa shape index (κ2) is 6.50. The van der Waals surface area contributed by atoms with Crippen LogP contribution in [-0.2, 0) is 4.79 Å². The average molecular weight is 313 g/mol. The van der Waals surface area contributed by atoms with Crippen LogP contribution in [0.15, 0.2) is 30.6 Å². The first-order valence-corrected chi connectivity index (χ1v) is 8.02. The number of likely N-dealkylation sites (tertiary alicyclic amines) is 1. The summed E-state index contributed by atoms with van der Waals surface area (Å²) in [7, 11) is 0. The van der Waals surface area contributed by atoms with Gasteiger partial charge in [0.2, 0.25) is 5.91 Å². The maximum Gasteiger partial charge on any atom is 0.241 e. The van der Waals surface area contributed by atoms with E-state index in [4.69, 9.17) is 0 Å². The van der Waals surface area contributed by atoms with Crippen LogP contribution >= 0.6 is 0 Å². The molecule has 1 amide bonds. The first-order chi connectivity index (χ1) is 11.0. The molecular formula is C17H23N5O. The topological polar surface area (TPSA) is 63.1 Å². The van der Waals surface area contributed by atoms with E-state index in [1.807, 2.05) is 36.9 Å². The quantitative estimate of drug-likeness (QED) is 0.939. The Kier molecular flexibility index (Phi) is 4.43. The summed E-state index contributed by atoms with van der Waals surface area (Å²) in [5.41, 5.74) is 3.18. The lowest BCUT2D eigenvalue weighted by atomic mass is 10.1. The first-order valence-electron chi connectivity index (χ1n) is 8.02. The summed E-state index contributed by atoms with van der Waals surface area (Å²) < 4.78 is 1.88. The van der Waals surface area contributed by atoms with Crippen LogP contribution in [0.5, 0.6) is 0 Å². The molecule has 1 aliphatic heterocycles. The van der Waals surface area contributed by atoms with E-state index in [9.17, 15) is 4.79 Å². The van der Waals surface area contributed by atoms with Crippen LogP contribution < -0.4 is 5.32 Å². The fourth-order valence-corrected chi connectivity index (χ4v) is 3.10. The van der Waals surface area contributed by atoms with Gasteiger partial charge in [-0.05, 0) is 38.8 Å². The molecule has 23 heavy (non-hydrogen) atoms. The summed E-state index contributed by atoms with van der Waals surface area (Å²) in [6.45, 7) is 7.75. The Labute approximate surface area is 136 Å². The molecule has 1 aromatic heterocycles. The minimum absolute atomic E-state index is 0.0381. The molecule has 1 aromatic carbocycles. The highest BCUT2D eigenvalue weighted by Crippen LogP contribution is 2.23. The molecular weight excluding hydrogens is 290 g/mol. The molecule has 0 spiro atoms. The number of benzene rings is 1. The van der Waals surface area contributed by atoms with Gasteiger partial charge in [-0.3, -0.25) is 9.69 Å². The van der Waals surface area contributed by atoms with Gasteiger partial charge in [0.25, 0.3) is 0 Å². The summed E-state index contributed by atoms with van der Waals surface area (Å²) in [5, 5.41) is 11.0. The predicted molar refractivity (Wildman–Crippen MR) is 89.3 cm³/mol. The molecule has 3 rings (SSSR count). The average Bonchev–Trinajstić information content (AvgIpc) is 3.19. The van der Waals surface area contributed by atoms with Crippen molar-refractivity contribution in [3.05, 3.63) is 41.7 Å². The molecule has 2 atom stereocenters. The Hall–Kier alpha value is -2.21. The molecule has 6 heteroatoms. The number of aryl methyl sites for hydroxylation is 2. The molecule has 122 valence electrons. The normalized spacial score (nSPS) is 19.7. The molecule has 6 nitrogen and oxygen atoms in total. The molecule has 2 heterocycles. The van der Waals surface area contributed by atoms with Gasteiger partial charge in [-0.25, -0.2) is 4.68 Å². The first kappa shape index (κ1) is 15.7. The number of carbonyl (C=O) groups excluding carboxylic acids is 1. The standard InChI is InChI=1S/C17H23N5O/c1-12-4-5-16(13(2)10-12)19-17(23)14(3)21-8-6-15(11-21)22-9-7-18-20-22/h4-5,7,9-10,14-15H,6,8,11H2,1-3H3,(H,19,23). The number of aromatic nitrogens is 3. The highest BCUT2D eigenvalue weighted by atomic mass is 16.2. The molecule has 0 bridgehead atoms. The number of amides is 1. The van der Waals surface area contributed by atoms with Gasteiger partial charge in [0.1, 0.15) is 0 Å². The molecule has 2 aromatic rings. The second-order valence-corrected chi connectivity index (χ2v) is 6.30. The Morgan fingerprint density at radius 2 is 2.22 bits per heavy atom. The number of nitrogens with one attached hydrogen (secondary N) is 1. The highest BCUT2D eigenvalue weighted by Gasteiger charge is 2.30. The molecule has 1 saturated heterocycles. The monoisotopic (exact) mass is 313 g/mol. The smallest absolute Gasteiger partial charge is 0.241 e. The van der Waals surface area contributed by atoms with Crippen LogP contribution in [0.4, 0.5) is 5.69 Å². The third kappa shape index (κ3) is 3.42. The van der Waals surface area contributed by atoms with E-state index in [0.29, 0.717) is 6.04 Å². The van der Waals surface area contributed by atoms with Crippen molar-refractivity contribution in [2.24, 2.45) is 0 Å². The largest absolute Gasteiger partial charge is 0.324 e. The predicted octanol–water partition coefficient (Wildman–Crippen LogP) is 2.17. The number of nitrogens with zero attached hydrogens (tertiary/aromatic N) is 4. The van der Waals surface area contributed by atoms with E-state index in [0.717, 1.165) is 30.8 Å². The summed E-state index contributed by atoms with van der Waals surface area (Å²) in [6, 6.07) is 6.20. The third-order valence-electron chi connectivity index (χ3n) is 4.58. The summed E-state index contributed by atoms with van der Waals surface area (Å²) in [4.78, 5) is 14.7. The van der Waals surface area contributed by atoms with E-state index in [-0.39, 0.29) is 11.9 Å². The van der Waals surface area contributed by atoms with Gasteiger partial charge in [0.15, 0.2) is 0 Å². The lowest BCUT2D eigenvalue weighted by Gasteiger charge is -2.23. The van der Waals surface area contributed by atoms with Crippen molar-refractivity contribution in [3.8, 4) is 0 Å². The number of rotatable bonds is 4. The van der Waals surface area contributed by atoms with Crippen molar-refractivity contribution in [3.63, 3.8) is 0 Å². The van der Waals surface area contributed by atoms with E-state index in [1.165, 1.54) is 5.56 Å². The van der Waals surface area contributed by atoms with Crippen molar-refractivity contribution < 1.29 is 4.79 Å². The Bertz CT molecular complexity index is 682. The molecule has 2 unspecified atom stereocenters. The SMILES string of the molecule is Cc1ccc(NC(=O)C(C)N2CCC(n3ccnn3)C2)c(C)c1. The lowest BCUT2D eigenvalue weighted by molar-refractivity contribution is -0.120. The molecule has 0 radical (unpaired) electrons. The van der Waals surface area contributed by atoms with E-state index < -0.39 is 0 Å². The molecule has 1 N–H and O–H groups in total. The summed E-state index contributed by atoms with van der Waals surface area (Å²) >= 11 is 0. The Morgan fingerprint density at radius 1 is 1.39 bits per heavy atom. The number of hydrogen-bond donors (Lipinski definition) is 1. The van der Waals surface area contributed by atoms with Gasteiger partial charge in [-0.15, -0.1) is 5.10 Å². The van der Waals surface area contributed by atoms with Gasteiger partial charge in [0, 0.05) is 25.0 Å². The Balaban J connectivity index is 1.61. The minimum atomic E-state index is -0.163. The Morgan fingerprint density at radius 3 is 2.91 bits per heavy atom. The number of carbonyl (C=O) groups is 1. The van der Waals surface area contributed by atoms with Crippen LogP contribution in [0, 0.1) is 13.8 Å². The van der Waals surface area contributed by atoms with Gasteiger partial charge in [0.05, 0.1) is 18.3 Å². The summed E-state index contributed by atoms with van der Waals surface area (Å²) in [6.07, 6.45) is 4.57. The zero-order valence-corrected chi connectivity index (χ0v) is 13.9. The lowest BCUT2D eigenvalue weighted by Crippen LogP contribution is -2.41. The van der Waals surface area contributed by atoms with Crippen molar-refractivity contribution in [2.75, 3.05) is 18.4 Å². The summed E-state index contributed by atoms with van der Waals surface area (Å²) in [5.74, 6) is 0.0381. The zero-order valence-electron chi connectivity index (χ0n) is 13.9. The van der Waals surface area contributed by atoms with E-state index in [2.05, 4.69) is 33.5 Å². The van der Waals surface area contributed by atoms with Crippen LogP contribution in [-0.4, -0.2) is 44.9 Å². The zero-order chi connectivity index (χ0) is 16.4. The van der Waals surface area contributed by atoms with E-state index >= 15 is 0 Å². The van der Waals surface area contributed by atoms with Gasteiger partial charge < -0.3 is 5.32 Å². The second-order valence-electron chi connectivity index (χ2n) is 6.30. The van der Waals surface area contributed by atoms with Crippen molar-refractivity contribution in [2.45, 2.75) is 39.3 Å². The minimum Gasteiger partial charge on any atom is -0.324 e. The fraction of sp³-hybridized carbons (Fsp3) is 0.471.